The number of benzene rings is 2. The number of alkyl halides is 3. The fourth-order valence-corrected chi connectivity index (χ4v) is 5.43. The van der Waals surface area contributed by atoms with Gasteiger partial charge in [-0.2, -0.15) is 18.3 Å². The number of allylic oxidation sites excluding steroid dienone is 2. The van der Waals surface area contributed by atoms with Gasteiger partial charge in [0.1, 0.15) is 23.4 Å². The molecule has 0 spiro atoms. The average Bonchev–Trinajstić information content (AvgIpc) is 3.19. The molecule has 0 bridgehead atoms. The van der Waals surface area contributed by atoms with E-state index in [0.717, 1.165) is 16.8 Å². The fourth-order valence-electron chi connectivity index (χ4n) is 3.70. The van der Waals surface area contributed by atoms with Crippen LogP contribution in [0.3, 0.4) is 0 Å². The Labute approximate surface area is 187 Å². The molecule has 4 rings (SSSR count). The van der Waals surface area contributed by atoms with Crippen LogP contribution in [0.2, 0.25) is 0 Å². The molecule has 0 saturated carbocycles. The molecule has 1 aliphatic heterocycles. The second-order valence-corrected chi connectivity index (χ2v) is 9.48. The van der Waals surface area contributed by atoms with Crippen molar-refractivity contribution in [1.29, 1.82) is 0 Å². The fraction of sp³-hybridized carbons (Fsp3) is 0.227. The lowest BCUT2D eigenvalue weighted by Gasteiger charge is -2.30. The van der Waals surface area contributed by atoms with Gasteiger partial charge in [-0.25, -0.2) is 17.5 Å². The SMILES string of the molecule is COc1ccc(S(=O)(=O)C2=C(C)Nc3cc(C(F)(F)F)nn3C2c2ccc(C)c(F)c2)cc1. The molecule has 1 atom stereocenters. The maximum absolute atomic E-state index is 14.4. The summed E-state index contributed by atoms with van der Waals surface area (Å²) < 4.78 is 87.9. The first-order chi connectivity index (χ1) is 15.4. The molecule has 0 radical (unpaired) electrons. The zero-order valence-electron chi connectivity index (χ0n) is 17.7. The van der Waals surface area contributed by atoms with Crippen molar-refractivity contribution in [3.8, 4) is 5.75 Å². The first-order valence-electron chi connectivity index (χ1n) is 9.73. The third-order valence-corrected chi connectivity index (χ3v) is 7.38. The third-order valence-electron chi connectivity index (χ3n) is 5.38. The van der Waals surface area contributed by atoms with Gasteiger partial charge in [0.15, 0.2) is 5.69 Å². The van der Waals surface area contributed by atoms with Gasteiger partial charge < -0.3 is 10.1 Å². The molecular formula is C22H19F4N3O3S. The summed E-state index contributed by atoms with van der Waals surface area (Å²) in [6, 6.07) is 9.08. The Bertz CT molecular complexity index is 1360. The molecule has 33 heavy (non-hydrogen) atoms. The summed E-state index contributed by atoms with van der Waals surface area (Å²) in [5, 5.41) is 6.35. The summed E-state index contributed by atoms with van der Waals surface area (Å²) in [5.74, 6) is -0.239. The van der Waals surface area contributed by atoms with Gasteiger partial charge in [-0.3, -0.25) is 0 Å². The Morgan fingerprint density at radius 1 is 1.06 bits per heavy atom. The molecule has 1 N–H and O–H groups in total. The van der Waals surface area contributed by atoms with Crippen LogP contribution >= 0.6 is 0 Å². The van der Waals surface area contributed by atoms with E-state index in [0.29, 0.717) is 11.3 Å². The minimum Gasteiger partial charge on any atom is -0.497 e. The number of methoxy groups -OCH3 is 1. The lowest BCUT2D eigenvalue weighted by molar-refractivity contribution is -0.141. The Morgan fingerprint density at radius 3 is 2.30 bits per heavy atom. The Hall–Kier alpha value is -3.34. The van der Waals surface area contributed by atoms with Crippen molar-refractivity contribution in [2.45, 2.75) is 31.0 Å². The minimum absolute atomic E-state index is 0.0560. The number of halogens is 4. The maximum Gasteiger partial charge on any atom is 0.435 e. The maximum atomic E-state index is 14.4. The predicted octanol–water partition coefficient (Wildman–Crippen LogP) is 5.08. The van der Waals surface area contributed by atoms with Crippen LogP contribution in [0.1, 0.15) is 29.8 Å². The third kappa shape index (κ3) is 3.97. The molecule has 3 aromatic rings. The molecule has 1 unspecified atom stereocenters. The van der Waals surface area contributed by atoms with Crippen LogP contribution in [0.5, 0.6) is 5.75 Å². The number of nitrogens with one attached hydrogen (secondary N) is 1. The highest BCUT2D eigenvalue weighted by Crippen LogP contribution is 2.43. The quantitative estimate of drug-likeness (QED) is 0.527. The molecular weight excluding hydrogens is 462 g/mol. The number of aromatic nitrogens is 2. The van der Waals surface area contributed by atoms with E-state index in [4.69, 9.17) is 4.74 Å². The number of aryl methyl sites for hydroxylation is 1. The summed E-state index contributed by atoms with van der Waals surface area (Å²) in [6.07, 6.45) is -4.75. The lowest BCUT2D eigenvalue weighted by Crippen LogP contribution is -2.29. The highest BCUT2D eigenvalue weighted by atomic mass is 32.2. The average molecular weight is 481 g/mol. The molecule has 174 valence electrons. The van der Waals surface area contributed by atoms with Gasteiger partial charge >= 0.3 is 6.18 Å². The molecule has 0 amide bonds. The first-order valence-corrected chi connectivity index (χ1v) is 11.2. The number of anilines is 1. The van der Waals surface area contributed by atoms with Crippen molar-refractivity contribution in [3.63, 3.8) is 0 Å². The van der Waals surface area contributed by atoms with E-state index in [1.165, 1.54) is 57.4 Å². The summed E-state index contributed by atoms with van der Waals surface area (Å²) in [5.41, 5.74) is -0.634. The number of hydrogen-bond donors (Lipinski definition) is 1. The molecule has 0 aliphatic carbocycles. The molecule has 0 saturated heterocycles. The van der Waals surface area contributed by atoms with Crippen molar-refractivity contribution in [2.24, 2.45) is 0 Å². The van der Waals surface area contributed by atoms with Crippen molar-refractivity contribution in [1.82, 2.24) is 9.78 Å². The van der Waals surface area contributed by atoms with Crippen molar-refractivity contribution < 1.29 is 30.7 Å². The van der Waals surface area contributed by atoms with Gasteiger partial charge in [-0.05, 0) is 55.3 Å². The summed E-state index contributed by atoms with van der Waals surface area (Å²) >= 11 is 0. The number of nitrogens with zero attached hydrogens (tertiary/aromatic N) is 2. The van der Waals surface area contributed by atoms with Crippen LogP contribution in [0.25, 0.3) is 0 Å². The van der Waals surface area contributed by atoms with Crippen LogP contribution in [0, 0.1) is 12.7 Å². The molecule has 1 aromatic heterocycles. The summed E-state index contributed by atoms with van der Waals surface area (Å²) in [4.78, 5) is -0.330. The van der Waals surface area contributed by atoms with Crippen molar-refractivity contribution in [3.05, 3.63) is 81.8 Å². The van der Waals surface area contributed by atoms with E-state index in [9.17, 15) is 26.0 Å². The van der Waals surface area contributed by atoms with Gasteiger partial charge in [0.25, 0.3) is 0 Å². The minimum atomic E-state index is -4.75. The normalized spacial score (nSPS) is 16.4. The topological polar surface area (TPSA) is 73.2 Å². The van der Waals surface area contributed by atoms with E-state index in [2.05, 4.69) is 10.4 Å². The smallest absolute Gasteiger partial charge is 0.435 e. The van der Waals surface area contributed by atoms with Gasteiger partial charge in [0.05, 0.1) is 16.9 Å². The van der Waals surface area contributed by atoms with Crippen LogP contribution < -0.4 is 10.1 Å². The molecule has 6 nitrogen and oxygen atoms in total. The molecule has 0 fully saturated rings. The van der Waals surface area contributed by atoms with E-state index < -0.39 is 33.6 Å². The van der Waals surface area contributed by atoms with Crippen molar-refractivity contribution in [2.75, 3.05) is 12.4 Å². The number of sulfone groups is 1. The standard InChI is InChI=1S/C22H19F4N3O3S/c1-12-4-5-14(10-17(12)23)20-21(33(30,31)16-8-6-15(32-3)7-9-16)13(2)27-19-11-18(22(24,25)26)28-29(19)20/h4-11,20,27H,1-3H3. The largest absolute Gasteiger partial charge is 0.497 e. The number of fused-ring (bicyclic) bond motifs is 1. The second-order valence-electron chi connectivity index (χ2n) is 7.56. The number of ether oxygens (including phenoxy) is 1. The summed E-state index contributed by atoms with van der Waals surface area (Å²) in [6.45, 7) is 2.97. The Balaban J connectivity index is 1.95. The van der Waals surface area contributed by atoms with Gasteiger partial charge in [-0.1, -0.05) is 12.1 Å². The highest BCUT2D eigenvalue weighted by molar-refractivity contribution is 7.95. The lowest BCUT2D eigenvalue weighted by atomic mass is 10.0. The van der Waals surface area contributed by atoms with Crippen LogP contribution in [-0.2, 0) is 16.0 Å². The molecule has 1 aliphatic rings. The molecule has 11 heteroatoms. The zero-order valence-corrected chi connectivity index (χ0v) is 18.6. The van der Waals surface area contributed by atoms with Crippen molar-refractivity contribution >= 4 is 15.7 Å². The van der Waals surface area contributed by atoms with Gasteiger partial charge in [0, 0.05) is 11.8 Å². The van der Waals surface area contributed by atoms with Gasteiger partial charge in [-0.15, -0.1) is 0 Å². The van der Waals surface area contributed by atoms with E-state index in [1.54, 1.807) is 0 Å². The zero-order chi connectivity index (χ0) is 24.1. The number of hydrogen-bond acceptors (Lipinski definition) is 5. The summed E-state index contributed by atoms with van der Waals surface area (Å²) in [7, 11) is -2.80. The number of rotatable bonds is 4. The second kappa shape index (κ2) is 7.91. The van der Waals surface area contributed by atoms with Crippen LogP contribution in [0.4, 0.5) is 23.4 Å². The monoisotopic (exact) mass is 481 g/mol. The molecule has 2 heterocycles. The van der Waals surface area contributed by atoms with E-state index >= 15 is 0 Å². The molecule has 2 aromatic carbocycles. The Kier molecular flexibility index (Phi) is 5.47. The van der Waals surface area contributed by atoms with Crippen LogP contribution in [0.15, 0.2) is 64.0 Å². The van der Waals surface area contributed by atoms with E-state index in [-0.39, 0.29) is 26.9 Å². The Morgan fingerprint density at radius 2 is 1.73 bits per heavy atom. The van der Waals surface area contributed by atoms with E-state index in [1.807, 2.05) is 0 Å². The first kappa shape index (κ1) is 22.8. The predicted molar refractivity (Wildman–Crippen MR) is 113 cm³/mol. The van der Waals surface area contributed by atoms with Crippen LogP contribution in [-0.4, -0.2) is 25.3 Å². The highest BCUT2D eigenvalue weighted by Gasteiger charge is 2.41. The van der Waals surface area contributed by atoms with Gasteiger partial charge in [0.2, 0.25) is 9.84 Å².